The molecule has 0 heterocycles. The van der Waals surface area contributed by atoms with Crippen molar-refractivity contribution < 1.29 is 49.7 Å². The molecule has 0 aromatic carbocycles. The lowest BCUT2D eigenvalue weighted by Gasteiger charge is -2.06. The third-order valence-electron chi connectivity index (χ3n) is 2.16. The third-order valence-corrected chi connectivity index (χ3v) is 2.16. The summed E-state index contributed by atoms with van der Waals surface area (Å²) in [5.74, 6) is -2.15. The first-order valence-electron chi connectivity index (χ1n) is 7.88. The summed E-state index contributed by atoms with van der Waals surface area (Å²) in [5, 5.41) is 49.7. The van der Waals surface area contributed by atoms with E-state index in [2.05, 4.69) is 0 Å². The van der Waals surface area contributed by atoms with Crippen molar-refractivity contribution in [3.63, 3.8) is 0 Å². The van der Waals surface area contributed by atoms with E-state index >= 15 is 0 Å². The van der Waals surface area contributed by atoms with E-state index < -0.39 is 18.0 Å². The number of rotatable bonds is 12. The summed E-state index contributed by atoms with van der Waals surface area (Å²) < 4.78 is 9.58. The van der Waals surface area contributed by atoms with Gasteiger partial charge in [0.05, 0.1) is 64.7 Å². The molecule has 152 valence electrons. The first kappa shape index (κ1) is 28.5. The molecule has 0 saturated heterocycles. The highest BCUT2D eigenvalue weighted by Crippen LogP contribution is 1.89. The Morgan fingerprint density at radius 3 is 1.56 bits per heavy atom. The standard InChI is InChI=1S/C6H14O3.C5H12O3.C4H6O4/c1-2-6(8)5-9-4-3-7;1-5(7)4-8-3-2-6;5-3(6)1-2-4(7)8/h6-8H,2-5H2,1H3;5-7H,2-4H2,1H3;1-2H2,(H,5,6)(H,7,8). The highest BCUT2D eigenvalue weighted by molar-refractivity contribution is 5.75. The fourth-order valence-electron chi connectivity index (χ4n) is 0.934. The number of aliphatic hydroxyl groups excluding tert-OH is 4. The summed E-state index contributed by atoms with van der Waals surface area (Å²) in [5.41, 5.74) is 0. The van der Waals surface area contributed by atoms with Crippen molar-refractivity contribution in [2.45, 2.75) is 45.3 Å². The molecule has 0 aromatic heterocycles. The number of hydrogen-bond donors (Lipinski definition) is 6. The van der Waals surface area contributed by atoms with E-state index in [-0.39, 0.29) is 32.2 Å². The van der Waals surface area contributed by atoms with Crippen LogP contribution in [0.25, 0.3) is 0 Å². The zero-order valence-electron chi connectivity index (χ0n) is 14.8. The summed E-state index contributed by atoms with van der Waals surface area (Å²) in [6.07, 6.45) is -0.700. The molecule has 25 heavy (non-hydrogen) atoms. The van der Waals surface area contributed by atoms with Crippen LogP contribution < -0.4 is 0 Å². The number of ether oxygens (including phenoxy) is 2. The van der Waals surface area contributed by atoms with Crippen LogP contribution >= 0.6 is 0 Å². The van der Waals surface area contributed by atoms with E-state index in [0.717, 1.165) is 0 Å². The summed E-state index contributed by atoms with van der Waals surface area (Å²) in [4.78, 5) is 19.3. The number of carboxylic acids is 2. The minimum Gasteiger partial charge on any atom is -0.481 e. The Labute approximate surface area is 147 Å². The van der Waals surface area contributed by atoms with Crippen LogP contribution in [0, 0.1) is 0 Å². The van der Waals surface area contributed by atoms with E-state index in [1.165, 1.54) is 0 Å². The van der Waals surface area contributed by atoms with Crippen molar-refractivity contribution >= 4 is 11.9 Å². The van der Waals surface area contributed by atoms with E-state index in [1.807, 2.05) is 6.92 Å². The summed E-state index contributed by atoms with van der Waals surface area (Å²) in [6.45, 7) is 4.83. The van der Waals surface area contributed by atoms with Crippen LogP contribution in [0.3, 0.4) is 0 Å². The second-order valence-corrected chi connectivity index (χ2v) is 4.80. The zero-order valence-corrected chi connectivity index (χ0v) is 14.8. The maximum Gasteiger partial charge on any atom is 0.303 e. The van der Waals surface area contributed by atoms with Gasteiger partial charge in [0.1, 0.15) is 0 Å². The van der Waals surface area contributed by atoms with Crippen LogP contribution in [-0.2, 0) is 19.1 Å². The summed E-state index contributed by atoms with van der Waals surface area (Å²) in [6, 6.07) is 0. The molecule has 0 aliphatic heterocycles. The van der Waals surface area contributed by atoms with Crippen LogP contribution in [0.2, 0.25) is 0 Å². The number of carbonyl (C=O) groups is 2. The highest BCUT2D eigenvalue weighted by atomic mass is 16.5. The molecule has 2 unspecified atom stereocenters. The van der Waals surface area contributed by atoms with E-state index in [0.29, 0.717) is 32.8 Å². The Bertz CT molecular complexity index is 282. The normalized spacial score (nSPS) is 12.1. The maximum atomic E-state index is 9.64. The fraction of sp³-hybridized carbons (Fsp3) is 0.867. The molecule has 0 spiro atoms. The topological polar surface area (TPSA) is 174 Å². The lowest BCUT2D eigenvalue weighted by atomic mass is 10.3. The van der Waals surface area contributed by atoms with E-state index in [4.69, 9.17) is 40.1 Å². The maximum absolute atomic E-state index is 9.64. The molecule has 10 nitrogen and oxygen atoms in total. The van der Waals surface area contributed by atoms with Crippen LogP contribution in [0.15, 0.2) is 0 Å². The molecule has 0 fully saturated rings. The average Bonchev–Trinajstić information content (AvgIpc) is 2.54. The van der Waals surface area contributed by atoms with Gasteiger partial charge in [0.15, 0.2) is 0 Å². The molecule has 6 N–H and O–H groups in total. The van der Waals surface area contributed by atoms with Crippen molar-refractivity contribution in [3.8, 4) is 0 Å². The van der Waals surface area contributed by atoms with E-state index in [1.54, 1.807) is 6.92 Å². The summed E-state index contributed by atoms with van der Waals surface area (Å²) in [7, 11) is 0. The van der Waals surface area contributed by atoms with Gasteiger partial charge in [-0.25, -0.2) is 0 Å². The molecule has 0 bridgehead atoms. The second kappa shape index (κ2) is 22.7. The lowest BCUT2D eigenvalue weighted by molar-refractivity contribution is -0.143. The van der Waals surface area contributed by atoms with Gasteiger partial charge in [-0.3, -0.25) is 9.59 Å². The monoisotopic (exact) mass is 372 g/mol. The van der Waals surface area contributed by atoms with Gasteiger partial charge >= 0.3 is 11.9 Å². The van der Waals surface area contributed by atoms with Gasteiger partial charge in [-0.05, 0) is 13.3 Å². The van der Waals surface area contributed by atoms with Crippen molar-refractivity contribution in [1.82, 2.24) is 0 Å². The Kier molecular flexibility index (Phi) is 25.9. The predicted octanol–water partition coefficient (Wildman–Crippen LogP) is -0.922. The first-order chi connectivity index (χ1) is 11.7. The van der Waals surface area contributed by atoms with Crippen molar-refractivity contribution in [3.05, 3.63) is 0 Å². The van der Waals surface area contributed by atoms with Gasteiger partial charge in [0.25, 0.3) is 0 Å². The summed E-state index contributed by atoms with van der Waals surface area (Å²) >= 11 is 0. The van der Waals surface area contributed by atoms with Crippen LogP contribution in [0.5, 0.6) is 0 Å². The largest absolute Gasteiger partial charge is 0.481 e. The zero-order chi connectivity index (χ0) is 20.1. The number of hydrogen-bond acceptors (Lipinski definition) is 8. The lowest BCUT2D eigenvalue weighted by Crippen LogP contribution is -2.15. The van der Waals surface area contributed by atoms with E-state index in [9.17, 15) is 9.59 Å². The molecular weight excluding hydrogens is 340 g/mol. The Balaban J connectivity index is -0.000000291. The molecule has 0 radical (unpaired) electrons. The van der Waals surface area contributed by atoms with Gasteiger partial charge in [-0.2, -0.15) is 0 Å². The Hall–Kier alpha value is -1.30. The van der Waals surface area contributed by atoms with Gasteiger partial charge in [-0.1, -0.05) is 6.92 Å². The second-order valence-electron chi connectivity index (χ2n) is 4.80. The molecule has 0 aromatic rings. The average molecular weight is 372 g/mol. The molecular formula is C15H32O10. The first-order valence-corrected chi connectivity index (χ1v) is 7.88. The van der Waals surface area contributed by atoms with Crippen molar-refractivity contribution in [1.29, 1.82) is 0 Å². The molecule has 10 heteroatoms. The Morgan fingerprint density at radius 1 is 0.880 bits per heavy atom. The third kappa shape index (κ3) is 39.5. The SMILES string of the molecule is CC(O)COCCO.CCC(O)COCCO.O=C(O)CCC(=O)O. The molecule has 2 atom stereocenters. The van der Waals surface area contributed by atoms with Gasteiger partial charge in [0.2, 0.25) is 0 Å². The smallest absolute Gasteiger partial charge is 0.303 e. The quantitative estimate of drug-likeness (QED) is 0.235. The molecule has 0 aliphatic carbocycles. The number of aliphatic hydroxyl groups is 4. The number of aliphatic carboxylic acids is 2. The van der Waals surface area contributed by atoms with Crippen LogP contribution in [0.4, 0.5) is 0 Å². The minimum absolute atomic E-state index is 0.0206. The molecule has 0 aliphatic rings. The predicted molar refractivity (Wildman–Crippen MR) is 88.3 cm³/mol. The molecule has 0 saturated carbocycles. The molecule has 0 rings (SSSR count). The van der Waals surface area contributed by atoms with Crippen LogP contribution in [-0.4, -0.2) is 94.4 Å². The van der Waals surface area contributed by atoms with Gasteiger partial charge in [0, 0.05) is 0 Å². The van der Waals surface area contributed by atoms with Gasteiger partial charge in [-0.15, -0.1) is 0 Å². The Morgan fingerprint density at radius 2 is 1.28 bits per heavy atom. The minimum atomic E-state index is -1.08. The fourth-order valence-corrected chi connectivity index (χ4v) is 0.934. The highest BCUT2D eigenvalue weighted by Gasteiger charge is 2.00. The molecule has 0 amide bonds. The van der Waals surface area contributed by atoms with Gasteiger partial charge < -0.3 is 40.1 Å². The van der Waals surface area contributed by atoms with Crippen molar-refractivity contribution in [2.24, 2.45) is 0 Å². The number of carboxylic acid groups (broad SMARTS) is 2. The van der Waals surface area contributed by atoms with Crippen molar-refractivity contribution in [2.75, 3.05) is 39.6 Å². The van der Waals surface area contributed by atoms with Crippen LogP contribution in [0.1, 0.15) is 33.1 Å².